The largest absolute Gasteiger partial charge is 0.466 e. The van der Waals surface area contributed by atoms with Crippen molar-refractivity contribution in [3.05, 3.63) is 0 Å². The van der Waals surface area contributed by atoms with Crippen LogP contribution in [0.25, 0.3) is 0 Å². The highest BCUT2D eigenvalue weighted by atomic mass is 16.5. The van der Waals surface area contributed by atoms with Crippen molar-refractivity contribution in [1.82, 2.24) is 15.5 Å². The summed E-state index contributed by atoms with van der Waals surface area (Å²) in [6.45, 7) is 5.24. The monoisotopic (exact) mass is 352 g/mol. The molecule has 0 aromatic carbocycles. The first-order chi connectivity index (χ1) is 12.2. The van der Waals surface area contributed by atoms with Crippen molar-refractivity contribution in [1.29, 1.82) is 0 Å². The number of piperidine rings is 1. The molecule has 7 nitrogen and oxygen atoms in total. The molecule has 2 N–H and O–H groups in total. The molecule has 0 aromatic rings. The molecule has 2 fully saturated rings. The Labute approximate surface area is 150 Å². The second-order valence-corrected chi connectivity index (χ2v) is 6.78. The Kier molecular flexibility index (Phi) is 8.01. The van der Waals surface area contributed by atoms with Gasteiger partial charge in [0, 0.05) is 39.1 Å². The van der Waals surface area contributed by atoms with Crippen LogP contribution in [0.15, 0.2) is 4.99 Å². The number of aliphatic imine (C=N–C) groups is 1. The zero-order valence-electron chi connectivity index (χ0n) is 15.6. The Bertz CT molecular complexity index is 477. The summed E-state index contributed by atoms with van der Waals surface area (Å²) in [4.78, 5) is 30.2. The summed E-state index contributed by atoms with van der Waals surface area (Å²) in [5.41, 5.74) is 0. The van der Waals surface area contributed by atoms with Crippen LogP contribution < -0.4 is 10.6 Å². The fraction of sp³-hybridized carbons (Fsp3) is 0.833. The summed E-state index contributed by atoms with van der Waals surface area (Å²) >= 11 is 0. The van der Waals surface area contributed by atoms with Gasteiger partial charge in [0.05, 0.1) is 12.5 Å². The molecule has 25 heavy (non-hydrogen) atoms. The molecular weight excluding hydrogens is 320 g/mol. The van der Waals surface area contributed by atoms with Gasteiger partial charge in [-0.3, -0.25) is 14.6 Å². The number of nitrogens with one attached hydrogen (secondary N) is 2. The van der Waals surface area contributed by atoms with Gasteiger partial charge in [0.25, 0.3) is 0 Å². The molecule has 0 spiro atoms. The maximum Gasteiger partial charge on any atom is 0.310 e. The summed E-state index contributed by atoms with van der Waals surface area (Å²) in [6, 6.07) is 0. The molecular formula is C18H32N4O3. The number of hydrogen-bond donors (Lipinski definition) is 2. The Hall–Kier alpha value is -1.79. The second-order valence-electron chi connectivity index (χ2n) is 6.78. The molecule has 1 aliphatic carbocycles. The van der Waals surface area contributed by atoms with Crippen molar-refractivity contribution < 1.29 is 14.3 Å². The number of carbonyl (C=O) groups is 2. The van der Waals surface area contributed by atoms with Gasteiger partial charge in [0.1, 0.15) is 0 Å². The van der Waals surface area contributed by atoms with E-state index < -0.39 is 0 Å². The van der Waals surface area contributed by atoms with Gasteiger partial charge in [0.15, 0.2) is 5.96 Å². The average molecular weight is 352 g/mol. The van der Waals surface area contributed by atoms with E-state index in [1.807, 2.05) is 6.92 Å². The van der Waals surface area contributed by atoms with Crippen LogP contribution in [0, 0.1) is 11.8 Å². The number of guanidine groups is 1. The molecule has 142 valence electrons. The zero-order chi connectivity index (χ0) is 18.1. The summed E-state index contributed by atoms with van der Waals surface area (Å²) in [5.74, 6) is 1.08. The summed E-state index contributed by atoms with van der Waals surface area (Å²) < 4.78 is 5.15. The lowest BCUT2D eigenvalue weighted by Crippen LogP contribution is -2.48. The molecule has 1 saturated carbocycles. The highest BCUT2D eigenvalue weighted by molar-refractivity contribution is 5.81. The summed E-state index contributed by atoms with van der Waals surface area (Å²) in [5, 5.41) is 6.33. The number of amides is 1. The van der Waals surface area contributed by atoms with Crippen molar-refractivity contribution in [3.63, 3.8) is 0 Å². The molecule has 1 saturated heterocycles. The quantitative estimate of drug-likeness (QED) is 0.311. The third-order valence-electron chi connectivity index (χ3n) is 4.96. The standard InChI is InChI=1S/C18H32N4O3/c1-3-25-17(24)15-9-5-12-22(13-15)18(19-2)21-11-6-10-20-16(23)14-7-4-8-14/h14-15H,3-13H2,1-2H3,(H,19,21)(H,20,23)/t15-/m0/s1. The molecule has 1 aliphatic heterocycles. The summed E-state index contributed by atoms with van der Waals surface area (Å²) in [7, 11) is 1.76. The van der Waals surface area contributed by atoms with Gasteiger partial charge in [-0.1, -0.05) is 6.42 Å². The predicted octanol–water partition coefficient (Wildman–Crippen LogP) is 1.14. The maximum absolute atomic E-state index is 12.0. The van der Waals surface area contributed by atoms with Crippen molar-refractivity contribution in [2.45, 2.75) is 45.4 Å². The first-order valence-corrected chi connectivity index (χ1v) is 9.55. The van der Waals surface area contributed by atoms with Gasteiger partial charge >= 0.3 is 5.97 Å². The molecule has 1 atom stereocenters. The molecule has 0 aromatic heterocycles. The number of esters is 1. The molecule has 7 heteroatoms. The van der Waals surface area contributed by atoms with Crippen molar-refractivity contribution in [3.8, 4) is 0 Å². The van der Waals surface area contributed by atoms with Gasteiger partial charge in [-0.25, -0.2) is 0 Å². The molecule has 1 heterocycles. The van der Waals surface area contributed by atoms with Crippen LogP contribution in [0.4, 0.5) is 0 Å². The highest BCUT2D eigenvalue weighted by Gasteiger charge is 2.28. The minimum atomic E-state index is -0.110. The molecule has 2 aliphatic rings. The Balaban J connectivity index is 1.66. The van der Waals surface area contributed by atoms with Crippen LogP contribution in [-0.4, -0.2) is 62.6 Å². The normalized spacial score (nSPS) is 21.4. The smallest absolute Gasteiger partial charge is 0.310 e. The van der Waals surface area contributed by atoms with E-state index in [-0.39, 0.29) is 23.7 Å². The lowest BCUT2D eigenvalue weighted by atomic mass is 9.85. The second kappa shape index (κ2) is 10.3. The van der Waals surface area contributed by atoms with Crippen LogP contribution >= 0.6 is 0 Å². The lowest BCUT2D eigenvalue weighted by Gasteiger charge is -2.34. The first kappa shape index (κ1) is 19.5. The van der Waals surface area contributed by atoms with Gasteiger partial charge < -0.3 is 20.3 Å². The van der Waals surface area contributed by atoms with E-state index in [9.17, 15) is 9.59 Å². The van der Waals surface area contributed by atoms with Crippen LogP contribution in [0.2, 0.25) is 0 Å². The SMILES string of the molecule is CCOC(=O)[C@H]1CCCN(C(=NC)NCCCNC(=O)C2CCC2)C1. The average Bonchev–Trinajstić information content (AvgIpc) is 2.57. The minimum Gasteiger partial charge on any atom is -0.466 e. The molecule has 1 amide bonds. The van der Waals surface area contributed by atoms with E-state index in [1.54, 1.807) is 7.05 Å². The third kappa shape index (κ3) is 5.90. The maximum atomic E-state index is 12.0. The number of carbonyl (C=O) groups excluding carboxylic acids is 2. The number of rotatable bonds is 7. The van der Waals surface area contributed by atoms with Crippen LogP contribution in [0.3, 0.4) is 0 Å². The number of ether oxygens (including phenoxy) is 1. The number of nitrogens with zero attached hydrogens (tertiary/aromatic N) is 2. The number of likely N-dealkylation sites (tertiary alicyclic amines) is 1. The fourth-order valence-corrected chi connectivity index (χ4v) is 3.27. The van der Waals surface area contributed by atoms with E-state index in [1.165, 1.54) is 6.42 Å². The molecule has 0 unspecified atom stereocenters. The minimum absolute atomic E-state index is 0.0750. The Morgan fingerprint density at radius 2 is 1.84 bits per heavy atom. The van der Waals surface area contributed by atoms with Gasteiger partial charge in [-0.05, 0) is 39.0 Å². The predicted molar refractivity (Wildman–Crippen MR) is 97.3 cm³/mol. The highest BCUT2D eigenvalue weighted by Crippen LogP contribution is 2.26. The van der Waals surface area contributed by atoms with E-state index >= 15 is 0 Å². The van der Waals surface area contributed by atoms with E-state index in [0.717, 1.165) is 51.2 Å². The van der Waals surface area contributed by atoms with Crippen molar-refractivity contribution >= 4 is 17.8 Å². The zero-order valence-corrected chi connectivity index (χ0v) is 15.6. The fourth-order valence-electron chi connectivity index (χ4n) is 3.27. The van der Waals surface area contributed by atoms with Crippen LogP contribution in [0.5, 0.6) is 0 Å². The lowest BCUT2D eigenvalue weighted by molar-refractivity contribution is -0.149. The summed E-state index contributed by atoms with van der Waals surface area (Å²) in [6.07, 6.45) is 5.94. The van der Waals surface area contributed by atoms with Crippen molar-refractivity contribution in [2.24, 2.45) is 16.8 Å². The van der Waals surface area contributed by atoms with Gasteiger partial charge in [0.2, 0.25) is 5.91 Å². The molecule has 2 rings (SSSR count). The van der Waals surface area contributed by atoms with Crippen molar-refractivity contribution in [2.75, 3.05) is 39.8 Å². The topological polar surface area (TPSA) is 83.0 Å². The Morgan fingerprint density at radius 3 is 2.48 bits per heavy atom. The van der Waals surface area contributed by atoms with E-state index in [2.05, 4.69) is 20.5 Å². The van der Waals surface area contributed by atoms with Crippen LogP contribution in [0.1, 0.15) is 45.4 Å². The molecule has 0 radical (unpaired) electrons. The number of hydrogen-bond acceptors (Lipinski definition) is 4. The van der Waals surface area contributed by atoms with Crippen LogP contribution in [-0.2, 0) is 14.3 Å². The first-order valence-electron chi connectivity index (χ1n) is 9.55. The Morgan fingerprint density at radius 1 is 1.12 bits per heavy atom. The van der Waals surface area contributed by atoms with E-state index in [0.29, 0.717) is 19.7 Å². The molecule has 0 bridgehead atoms. The van der Waals surface area contributed by atoms with E-state index in [4.69, 9.17) is 4.74 Å². The third-order valence-corrected chi connectivity index (χ3v) is 4.96. The van der Waals surface area contributed by atoms with Gasteiger partial charge in [-0.2, -0.15) is 0 Å². The van der Waals surface area contributed by atoms with Gasteiger partial charge in [-0.15, -0.1) is 0 Å².